The van der Waals surface area contributed by atoms with Crippen LogP contribution in [0.1, 0.15) is 9.80 Å². The number of ether oxygens (including phenoxy) is 1. The lowest BCUT2D eigenvalue weighted by molar-refractivity contribution is -0.105. The highest BCUT2D eigenvalue weighted by Crippen LogP contribution is 2.28. The van der Waals surface area contributed by atoms with Crippen molar-refractivity contribution < 1.29 is 14.3 Å². The predicted octanol–water partition coefficient (Wildman–Crippen LogP) is 1.65. The molecule has 6 heteroatoms. The molecule has 1 aromatic heterocycles. The van der Waals surface area contributed by atoms with Crippen LogP contribution in [0.2, 0.25) is 0 Å². The van der Waals surface area contributed by atoms with Crippen LogP contribution in [-0.4, -0.2) is 24.5 Å². The number of anilines is 1. The Morgan fingerprint density at radius 1 is 1.56 bits per heavy atom. The molecule has 1 N–H and O–H groups in total. The maximum Gasteiger partial charge on any atom is 0.367 e. The van der Waals surface area contributed by atoms with Gasteiger partial charge in [-0.2, -0.15) is 0 Å². The summed E-state index contributed by atoms with van der Waals surface area (Å²) in [5.74, 6) is -0.474. The summed E-state index contributed by atoms with van der Waals surface area (Å²) in [4.78, 5) is 25.8. The maximum absolute atomic E-state index is 11.3. The van der Waals surface area contributed by atoms with Crippen molar-refractivity contribution in [1.29, 1.82) is 0 Å². The number of aromatic nitrogens is 1. The number of methoxy groups -OCH3 is 1. The molecule has 1 amide bonds. The summed E-state index contributed by atoms with van der Waals surface area (Å²) in [6, 6.07) is 5.33. The molecule has 0 saturated heterocycles. The number of nitrogens with one attached hydrogen (secondary N) is 1. The van der Waals surface area contributed by atoms with Gasteiger partial charge in [-0.25, -0.2) is 9.78 Å². The van der Waals surface area contributed by atoms with Gasteiger partial charge in [0.05, 0.1) is 17.5 Å². The van der Waals surface area contributed by atoms with Gasteiger partial charge in [-0.3, -0.25) is 4.79 Å². The third kappa shape index (κ3) is 1.74. The predicted molar refractivity (Wildman–Crippen MR) is 60.6 cm³/mol. The van der Waals surface area contributed by atoms with Crippen LogP contribution in [-0.2, 0) is 9.53 Å². The number of para-hydroxylation sites is 1. The van der Waals surface area contributed by atoms with Crippen molar-refractivity contribution in [2.24, 2.45) is 0 Å². The zero-order chi connectivity index (χ0) is 11.5. The van der Waals surface area contributed by atoms with Crippen molar-refractivity contribution in [2.75, 3.05) is 12.4 Å². The number of thiazole rings is 1. The molecule has 5 nitrogen and oxygen atoms in total. The van der Waals surface area contributed by atoms with Gasteiger partial charge in [-0.1, -0.05) is 6.07 Å². The summed E-state index contributed by atoms with van der Waals surface area (Å²) in [5, 5.41) is 2.81. The Balaban J connectivity index is 2.56. The zero-order valence-electron chi connectivity index (χ0n) is 8.39. The summed E-state index contributed by atoms with van der Waals surface area (Å²) in [5.41, 5.74) is 1.18. The summed E-state index contributed by atoms with van der Waals surface area (Å²) < 4.78 is 5.41. The SMILES string of the molecule is COC(=O)c1nc2c(NC=O)cccc2s1. The van der Waals surface area contributed by atoms with E-state index < -0.39 is 5.97 Å². The molecule has 0 atom stereocenters. The molecule has 0 aliphatic rings. The first-order chi connectivity index (χ1) is 7.76. The standard InChI is InChI=1S/C10H8N2O3S/c1-15-10(14)9-12-8-6(11-5-13)3-2-4-7(8)16-9/h2-5H,1H3,(H,11,13). The minimum Gasteiger partial charge on any atom is -0.464 e. The Morgan fingerprint density at radius 3 is 3.06 bits per heavy atom. The second-order valence-electron chi connectivity index (χ2n) is 2.93. The molecule has 0 fully saturated rings. The van der Waals surface area contributed by atoms with E-state index in [-0.39, 0.29) is 5.01 Å². The fourth-order valence-electron chi connectivity index (χ4n) is 1.30. The van der Waals surface area contributed by atoms with Crippen LogP contribution in [0.15, 0.2) is 18.2 Å². The molecule has 0 unspecified atom stereocenters. The lowest BCUT2D eigenvalue weighted by Gasteiger charge is -1.97. The molecule has 0 spiro atoms. The average molecular weight is 236 g/mol. The van der Waals surface area contributed by atoms with Gasteiger partial charge in [-0.15, -0.1) is 11.3 Å². The second kappa shape index (κ2) is 4.28. The van der Waals surface area contributed by atoms with Gasteiger partial charge in [0.25, 0.3) is 0 Å². The highest BCUT2D eigenvalue weighted by Gasteiger charge is 2.13. The van der Waals surface area contributed by atoms with E-state index in [4.69, 9.17) is 0 Å². The minimum absolute atomic E-state index is 0.276. The van der Waals surface area contributed by atoms with Crippen LogP contribution < -0.4 is 5.32 Å². The largest absolute Gasteiger partial charge is 0.464 e. The van der Waals surface area contributed by atoms with Gasteiger partial charge in [0.2, 0.25) is 11.4 Å². The van der Waals surface area contributed by atoms with Crippen molar-refractivity contribution in [3.05, 3.63) is 23.2 Å². The minimum atomic E-state index is -0.474. The Hall–Kier alpha value is -1.95. The van der Waals surface area contributed by atoms with E-state index in [1.165, 1.54) is 18.4 Å². The molecular weight excluding hydrogens is 228 g/mol. The number of hydrogen-bond acceptors (Lipinski definition) is 5. The summed E-state index contributed by atoms with van der Waals surface area (Å²) in [7, 11) is 1.30. The van der Waals surface area contributed by atoms with E-state index in [1.807, 2.05) is 6.07 Å². The molecule has 1 aromatic carbocycles. The molecule has 2 aromatic rings. The Kier molecular flexibility index (Phi) is 2.82. The van der Waals surface area contributed by atoms with Crippen molar-refractivity contribution in [3.63, 3.8) is 0 Å². The number of nitrogens with zero attached hydrogens (tertiary/aromatic N) is 1. The van der Waals surface area contributed by atoms with Crippen LogP contribution in [0.5, 0.6) is 0 Å². The summed E-state index contributed by atoms with van der Waals surface area (Å²) in [6.07, 6.45) is 0.575. The molecule has 0 aliphatic heterocycles. The number of amides is 1. The first kappa shape index (κ1) is 10.6. The quantitative estimate of drug-likeness (QED) is 0.650. The number of carbonyl (C=O) groups is 2. The van der Waals surface area contributed by atoms with E-state index in [2.05, 4.69) is 15.0 Å². The smallest absolute Gasteiger partial charge is 0.367 e. The summed E-state index contributed by atoms with van der Waals surface area (Å²) >= 11 is 1.23. The highest BCUT2D eigenvalue weighted by molar-refractivity contribution is 7.20. The molecule has 0 aliphatic carbocycles. The molecule has 0 radical (unpaired) electrons. The average Bonchev–Trinajstić information content (AvgIpc) is 2.73. The number of rotatable bonds is 3. The molecule has 16 heavy (non-hydrogen) atoms. The van der Waals surface area contributed by atoms with Crippen molar-refractivity contribution in [2.45, 2.75) is 0 Å². The van der Waals surface area contributed by atoms with Crippen LogP contribution >= 0.6 is 11.3 Å². The van der Waals surface area contributed by atoms with Crippen LogP contribution in [0.3, 0.4) is 0 Å². The third-order valence-corrected chi connectivity index (χ3v) is 2.99. The molecule has 2 rings (SSSR count). The lowest BCUT2D eigenvalue weighted by atomic mass is 10.3. The molecule has 0 saturated carbocycles. The number of benzene rings is 1. The molecule has 1 heterocycles. The van der Waals surface area contributed by atoms with Crippen molar-refractivity contribution in [1.82, 2.24) is 4.98 Å². The number of hydrogen-bond donors (Lipinski definition) is 1. The Morgan fingerprint density at radius 2 is 2.38 bits per heavy atom. The normalized spacial score (nSPS) is 10.1. The first-order valence-electron chi connectivity index (χ1n) is 4.44. The monoisotopic (exact) mass is 236 g/mol. The molecule has 82 valence electrons. The Bertz CT molecular complexity index is 550. The maximum atomic E-state index is 11.3. The first-order valence-corrected chi connectivity index (χ1v) is 5.26. The number of carbonyl (C=O) groups excluding carboxylic acids is 2. The number of fused-ring (bicyclic) bond motifs is 1. The lowest BCUT2D eigenvalue weighted by Crippen LogP contribution is -2.00. The van der Waals surface area contributed by atoms with Gasteiger partial charge in [0.1, 0.15) is 5.52 Å². The highest BCUT2D eigenvalue weighted by atomic mass is 32.1. The molecule has 0 bridgehead atoms. The van der Waals surface area contributed by atoms with Crippen LogP contribution in [0, 0.1) is 0 Å². The molecular formula is C10H8N2O3S. The fraction of sp³-hybridized carbons (Fsp3) is 0.100. The van der Waals surface area contributed by atoms with E-state index in [0.29, 0.717) is 17.6 Å². The van der Waals surface area contributed by atoms with Crippen molar-refractivity contribution >= 4 is 39.6 Å². The van der Waals surface area contributed by atoms with Crippen molar-refractivity contribution in [3.8, 4) is 0 Å². The Labute approximate surface area is 95.1 Å². The zero-order valence-corrected chi connectivity index (χ0v) is 9.21. The van der Waals surface area contributed by atoms with Crippen LogP contribution in [0.25, 0.3) is 10.2 Å². The third-order valence-electron chi connectivity index (χ3n) is 1.99. The van der Waals surface area contributed by atoms with Gasteiger partial charge in [0.15, 0.2) is 0 Å². The van der Waals surface area contributed by atoms with Crippen LogP contribution in [0.4, 0.5) is 5.69 Å². The van der Waals surface area contributed by atoms with E-state index in [0.717, 1.165) is 4.70 Å². The second-order valence-corrected chi connectivity index (χ2v) is 3.96. The summed E-state index contributed by atoms with van der Waals surface area (Å²) in [6.45, 7) is 0. The van der Waals surface area contributed by atoms with E-state index in [1.54, 1.807) is 12.1 Å². The van der Waals surface area contributed by atoms with E-state index in [9.17, 15) is 9.59 Å². The van der Waals surface area contributed by atoms with Gasteiger partial charge < -0.3 is 10.1 Å². The fourth-order valence-corrected chi connectivity index (χ4v) is 2.21. The topological polar surface area (TPSA) is 68.3 Å². The number of esters is 1. The van der Waals surface area contributed by atoms with E-state index >= 15 is 0 Å². The van der Waals surface area contributed by atoms with Gasteiger partial charge >= 0.3 is 5.97 Å². The van der Waals surface area contributed by atoms with Gasteiger partial charge in [-0.05, 0) is 12.1 Å². The van der Waals surface area contributed by atoms with Gasteiger partial charge in [0, 0.05) is 0 Å².